The number of hydrogen-bond donors (Lipinski definition) is 2. The number of aliphatic hydroxyl groups is 1. The molecule has 2 heterocycles. The van der Waals surface area contributed by atoms with Gasteiger partial charge in [-0.3, -0.25) is 9.69 Å². The SMILES string of the molecule is CC(O[Si](C)(C)C(C)(C)C)C1C(=O)N2C(C(=O)O)=C(SCCO)SC12. The van der Waals surface area contributed by atoms with E-state index >= 15 is 0 Å². The molecule has 142 valence electrons. The van der Waals surface area contributed by atoms with Crippen molar-refractivity contribution in [1.29, 1.82) is 0 Å². The molecule has 2 N–H and O–H groups in total. The van der Waals surface area contributed by atoms with Crippen molar-refractivity contribution in [2.24, 2.45) is 5.92 Å². The normalized spacial score (nSPS) is 25.1. The quantitative estimate of drug-likeness (QED) is 0.497. The van der Waals surface area contributed by atoms with E-state index in [0.29, 0.717) is 9.99 Å². The second kappa shape index (κ2) is 7.26. The molecule has 2 rings (SSSR count). The highest BCUT2D eigenvalue weighted by atomic mass is 32.2. The molecule has 1 saturated heterocycles. The molecule has 0 spiro atoms. The van der Waals surface area contributed by atoms with Crippen LogP contribution in [0.15, 0.2) is 9.93 Å². The lowest BCUT2D eigenvalue weighted by Crippen LogP contribution is -2.62. The lowest BCUT2D eigenvalue weighted by atomic mass is 9.92. The van der Waals surface area contributed by atoms with E-state index in [1.807, 2.05) is 6.92 Å². The first-order valence-corrected chi connectivity index (χ1v) is 13.1. The van der Waals surface area contributed by atoms with Crippen LogP contribution in [0.5, 0.6) is 0 Å². The Labute approximate surface area is 158 Å². The minimum atomic E-state index is -2.01. The molecule has 6 nitrogen and oxygen atoms in total. The van der Waals surface area contributed by atoms with Gasteiger partial charge in [0.15, 0.2) is 14.0 Å². The van der Waals surface area contributed by atoms with Crippen molar-refractivity contribution < 1.29 is 24.2 Å². The third kappa shape index (κ3) is 3.80. The second-order valence-corrected chi connectivity index (χ2v) is 15.1. The van der Waals surface area contributed by atoms with Crippen molar-refractivity contribution in [3.05, 3.63) is 9.93 Å². The van der Waals surface area contributed by atoms with Gasteiger partial charge in [0.25, 0.3) is 0 Å². The molecule has 0 aliphatic carbocycles. The van der Waals surface area contributed by atoms with E-state index < -0.39 is 14.3 Å². The highest BCUT2D eigenvalue weighted by Gasteiger charge is 2.59. The Hall–Kier alpha value is -0.483. The van der Waals surface area contributed by atoms with Crippen LogP contribution in [-0.2, 0) is 14.0 Å². The Balaban J connectivity index is 2.14. The largest absolute Gasteiger partial charge is 0.477 e. The average Bonchev–Trinajstić information content (AvgIpc) is 2.77. The summed E-state index contributed by atoms with van der Waals surface area (Å²) >= 11 is 2.69. The Morgan fingerprint density at radius 3 is 2.52 bits per heavy atom. The van der Waals surface area contributed by atoms with Crippen LogP contribution >= 0.6 is 23.5 Å². The third-order valence-corrected chi connectivity index (χ3v) is 12.3. The Bertz CT molecular complexity index is 602. The topological polar surface area (TPSA) is 87.1 Å². The molecule has 0 radical (unpaired) electrons. The molecular weight excluding hydrogens is 378 g/mol. The minimum Gasteiger partial charge on any atom is -0.477 e. The summed E-state index contributed by atoms with van der Waals surface area (Å²) in [5.41, 5.74) is 0.0502. The molecule has 0 saturated carbocycles. The van der Waals surface area contributed by atoms with Crippen LogP contribution in [0.25, 0.3) is 0 Å². The highest BCUT2D eigenvalue weighted by molar-refractivity contribution is 8.22. The van der Waals surface area contributed by atoms with Gasteiger partial charge in [0.05, 0.1) is 22.9 Å². The van der Waals surface area contributed by atoms with Gasteiger partial charge in [-0.1, -0.05) is 32.5 Å². The van der Waals surface area contributed by atoms with Gasteiger partial charge >= 0.3 is 5.97 Å². The zero-order valence-corrected chi connectivity index (χ0v) is 18.2. The van der Waals surface area contributed by atoms with E-state index in [9.17, 15) is 14.7 Å². The number of thioether (sulfide) groups is 2. The Morgan fingerprint density at radius 1 is 1.44 bits per heavy atom. The zero-order valence-electron chi connectivity index (χ0n) is 15.5. The molecule has 0 bridgehead atoms. The molecule has 25 heavy (non-hydrogen) atoms. The number of fused-ring (bicyclic) bond motifs is 1. The Morgan fingerprint density at radius 2 is 2.04 bits per heavy atom. The summed E-state index contributed by atoms with van der Waals surface area (Å²) in [5.74, 6) is -1.20. The van der Waals surface area contributed by atoms with Crippen LogP contribution in [0.4, 0.5) is 0 Å². The smallest absolute Gasteiger partial charge is 0.354 e. The first kappa shape index (κ1) is 20.8. The van der Waals surface area contributed by atoms with E-state index in [4.69, 9.17) is 9.53 Å². The monoisotopic (exact) mass is 405 g/mol. The van der Waals surface area contributed by atoms with Crippen molar-refractivity contribution in [3.63, 3.8) is 0 Å². The van der Waals surface area contributed by atoms with Crippen molar-refractivity contribution in [1.82, 2.24) is 4.90 Å². The van der Waals surface area contributed by atoms with Crippen LogP contribution in [0.3, 0.4) is 0 Å². The number of aliphatic carboxylic acids is 1. The van der Waals surface area contributed by atoms with Gasteiger partial charge in [-0.05, 0) is 25.1 Å². The lowest BCUT2D eigenvalue weighted by Gasteiger charge is -2.48. The molecule has 1 fully saturated rings. The molecule has 9 heteroatoms. The van der Waals surface area contributed by atoms with E-state index in [2.05, 4.69) is 33.9 Å². The summed E-state index contributed by atoms with van der Waals surface area (Å²) in [4.78, 5) is 25.6. The van der Waals surface area contributed by atoms with Crippen molar-refractivity contribution in [2.75, 3.05) is 12.4 Å². The number of carboxylic acid groups (broad SMARTS) is 1. The maximum absolute atomic E-state index is 12.6. The first-order chi connectivity index (χ1) is 11.4. The highest BCUT2D eigenvalue weighted by Crippen LogP contribution is 2.54. The van der Waals surface area contributed by atoms with Crippen molar-refractivity contribution in [2.45, 2.75) is 57.3 Å². The maximum Gasteiger partial charge on any atom is 0.354 e. The molecule has 2 aliphatic heterocycles. The molecule has 1 amide bonds. The number of rotatable bonds is 7. The van der Waals surface area contributed by atoms with Crippen LogP contribution in [-0.4, -0.2) is 59.1 Å². The number of hydrogen-bond acceptors (Lipinski definition) is 6. The first-order valence-electron chi connectivity index (χ1n) is 8.31. The van der Waals surface area contributed by atoms with Gasteiger partial charge in [-0.15, -0.1) is 11.8 Å². The number of carboxylic acids is 1. The van der Waals surface area contributed by atoms with E-state index in [0.717, 1.165) is 0 Å². The molecular formula is C16H27NO5S2Si. The summed E-state index contributed by atoms with van der Waals surface area (Å²) < 4.78 is 6.96. The summed E-state index contributed by atoms with van der Waals surface area (Å²) in [7, 11) is -2.01. The van der Waals surface area contributed by atoms with Crippen molar-refractivity contribution >= 4 is 43.7 Å². The van der Waals surface area contributed by atoms with Crippen LogP contribution in [0.1, 0.15) is 27.7 Å². The Kier molecular flexibility index (Phi) is 6.05. The molecule has 3 atom stereocenters. The summed E-state index contributed by atoms with van der Waals surface area (Å²) in [6.45, 7) is 12.6. The number of β-lactam (4-membered cyclic amide) rings is 1. The molecule has 3 unspecified atom stereocenters. The second-order valence-electron chi connectivity index (χ2n) is 7.84. The number of carbonyl (C=O) groups is 2. The average molecular weight is 406 g/mol. The van der Waals surface area contributed by atoms with Crippen LogP contribution < -0.4 is 0 Å². The van der Waals surface area contributed by atoms with Crippen LogP contribution in [0.2, 0.25) is 18.1 Å². The van der Waals surface area contributed by atoms with E-state index in [1.165, 1.54) is 28.4 Å². The maximum atomic E-state index is 12.6. The molecule has 2 aliphatic rings. The number of amides is 1. The van der Waals surface area contributed by atoms with E-state index in [-0.39, 0.29) is 40.6 Å². The predicted molar refractivity (Wildman–Crippen MR) is 104 cm³/mol. The fraction of sp³-hybridized carbons (Fsp3) is 0.750. The van der Waals surface area contributed by atoms with Gasteiger partial charge in [-0.25, -0.2) is 4.79 Å². The van der Waals surface area contributed by atoms with Crippen molar-refractivity contribution in [3.8, 4) is 0 Å². The minimum absolute atomic E-state index is 0.0332. The summed E-state index contributed by atoms with van der Waals surface area (Å²) in [6.07, 6.45) is -0.251. The van der Waals surface area contributed by atoms with Gasteiger partial charge in [0, 0.05) is 5.75 Å². The molecule has 0 aromatic rings. The number of carbonyl (C=O) groups excluding carboxylic acids is 1. The lowest BCUT2D eigenvalue weighted by molar-refractivity contribution is -0.156. The fourth-order valence-electron chi connectivity index (χ4n) is 2.69. The zero-order chi connectivity index (χ0) is 19.2. The third-order valence-electron chi connectivity index (χ3n) is 5.07. The predicted octanol–water partition coefficient (Wildman–Crippen LogP) is 2.91. The van der Waals surface area contributed by atoms with E-state index in [1.54, 1.807) is 0 Å². The molecule has 0 aromatic heterocycles. The van der Waals surface area contributed by atoms with Gasteiger partial charge in [0.1, 0.15) is 5.37 Å². The van der Waals surface area contributed by atoms with Gasteiger partial charge in [0.2, 0.25) is 5.91 Å². The summed E-state index contributed by atoms with van der Waals surface area (Å²) in [6, 6.07) is 0. The fourth-order valence-corrected chi connectivity index (χ4v) is 6.85. The number of aliphatic hydroxyl groups excluding tert-OH is 1. The van der Waals surface area contributed by atoms with Gasteiger partial charge in [-0.2, -0.15) is 0 Å². The summed E-state index contributed by atoms with van der Waals surface area (Å²) in [5, 5.41) is 18.3. The molecule has 0 aromatic carbocycles. The van der Waals surface area contributed by atoms with Gasteiger partial charge < -0.3 is 14.6 Å². The standard InChI is InChI=1S/C16H27NO5S2Si/c1-9(22-25(5,6)16(2,3)4)10-12(19)17-11(14(20)21)15(23-8-7-18)24-13(10)17/h9-10,13,18H,7-8H2,1-6H3,(H,20,21). The van der Waals surface area contributed by atoms with Crippen LogP contribution in [0, 0.1) is 5.92 Å². The number of nitrogens with zero attached hydrogens (tertiary/aromatic N) is 1.